The first-order valence-corrected chi connectivity index (χ1v) is 5.94. The summed E-state index contributed by atoms with van der Waals surface area (Å²) in [6.07, 6.45) is 1.52. The summed E-state index contributed by atoms with van der Waals surface area (Å²) in [4.78, 5) is 13.1. The Morgan fingerprint density at radius 3 is 2.41 bits per heavy atom. The van der Waals surface area contributed by atoms with Gasteiger partial charge in [-0.25, -0.2) is 0 Å². The first-order valence-electron chi connectivity index (χ1n) is 5.94. The molecule has 0 unspecified atom stereocenters. The molecule has 1 aromatic rings. The molecule has 3 nitrogen and oxygen atoms in total. The molecule has 0 aliphatic carbocycles. The van der Waals surface area contributed by atoms with Crippen molar-refractivity contribution in [3.63, 3.8) is 0 Å². The average Bonchev–Trinajstić information content (AvgIpc) is 2.25. The lowest BCUT2D eigenvalue weighted by molar-refractivity contribution is -0.116. The molecule has 1 rings (SSSR count). The topological polar surface area (TPSA) is 29.5 Å². The molecule has 0 amide bonds. The monoisotopic (exact) mass is 235 g/mol. The molecule has 0 heterocycles. The van der Waals surface area contributed by atoms with E-state index in [0.29, 0.717) is 6.42 Å². The molecule has 0 bridgehead atoms. The van der Waals surface area contributed by atoms with Crippen molar-refractivity contribution >= 4 is 5.78 Å². The lowest BCUT2D eigenvalue weighted by Crippen LogP contribution is -2.15. The second kappa shape index (κ2) is 7.07. The van der Waals surface area contributed by atoms with Gasteiger partial charge < -0.3 is 9.64 Å². The largest absolute Gasteiger partial charge is 0.494 e. The normalized spacial score (nSPS) is 10.6. The lowest BCUT2D eigenvalue weighted by Gasteiger charge is -2.10. The summed E-state index contributed by atoms with van der Waals surface area (Å²) in [5, 5.41) is 0. The van der Waals surface area contributed by atoms with E-state index in [9.17, 15) is 4.79 Å². The van der Waals surface area contributed by atoms with Crippen LogP contribution >= 0.6 is 0 Å². The van der Waals surface area contributed by atoms with Gasteiger partial charge in [-0.2, -0.15) is 0 Å². The number of Topliss-reactive ketones (excluding diaryl/α,β-unsaturated/α-hetero) is 1. The van der Waals surface area contributed by atoms with E-state index in [2.05, 4.69) is 19.0 Å². The fourth-order valence-corrected chi connectivity index (χ4v) is 1.56. The SMILES string of the molecule is CC(=O)Cc1ccc(OCCCN(C)C)cc1. The number of hydrogen-bond donors (Lipinski definition) is 0. The maximum Gasteiger partial charge on any atom is 0.134 e. The van der Waals surface area contributed by atoms with E-state index in [1.165, 1.54) is 0 Å². The fraction of sp³-hybridized carbons (Fsp3) is 0.500. The Morgan fingerprint density at radius 2 is 1.88 bits per heavy atom. The van der Waals surface area contributed by atoms with Crippen molar-refractivity contribution in [2.75, 3.05) is 27.2 Å². The molecule has 1 aromatic carbocycles. The Hall–Kier alpha value is -1.35. The van der Waals surface area contributed by atoms with Crippen LogP contribution in [0.15, 0.2) is 24.3 Å². The van der Waals surface area contributed by atoms with E-state index < -0.39 is 0 Å². The molecule has 0 radical (unpaired) electrons. The maximum atomic E-state index is 10.9. The quantitative estimate of drug-likeness (QED) is 0.678. The van der Waals surface area contributed by atoms with Crippen LogP contribution in [0.2, 0.25) is 0 Å². The van der Waals surface area contributed by atoms with Crippen molar-refractivity contribution in [1.29, 1.82) is 0 Å². The second-order valence-electron chi connectivity index (χ2n) is 4.53. The standard InChI is InChI=1S/C14H21NO2/c1-12(16)11-13-5-7-14(8-6-13)17-10-4-9-15(2)3/h5-8H,4,9-11H2,1-3H3. The van der Waals surface area contributed by atoms with Crippen molar-refractivity contribution < 1.29 is 9.53 Å². The average molecular weight is 235 g/mol. The van der Waals surface area contributed by atoms with Crippen molar-refractivity contribution in [2.24, 2.45) is 0 Å². The Kier molecular flexibility index (Phi) is 5.70. The highest BCUT2D eigenvalue weighted by molar-refractivity contribution is 5.78. The molecule has 0 spiro atoms. The summed E-state index contributed by atoms with van der Waals surface area (Å²) in [7, 11) is 4.10. The summed E-state index contributed by atoms with van der Waals surface area (Å²) >= 11 is 0. The summed E-state index contributed by atoms with van der Waals surface area (Å²) in [5.41, 5.74) is 1.04. The van der Waals surface area contributed by atoms with Crippen LogP contribution in [-0.4, -0.2) is 37.9 Å². The third-order valence-corrected chi connectivity index (χ3v) is 2.39. The number of rotatable bonds is 7. The summed E-state index contributed by atoms with van der Waals surface area (Å²) in [6, 6.07) is 7.74. The van der Waals surface area contributed by atoms with E-state index in [-0.39, 0.29) is 5.78 Å². The zero-order valence-electron chi connectivity index (χ0n) is 10.9. The van der Waals surface area contributed by atoms with Gasteiger partial charge in [-0.1, -0.05) is 12.1 Å². The summed E-state index contributed by atoms with van der Waals surface area (Å²) < 4.78 is 5.60. The third kappa shape index (κ3) is 6.07. The number of nitrogens with zero attached hydrogens (tertiary/aromatic N) is 1. The van der Waals surface area contributed by atoms with Gasteiger partial charge in [-0.3, -0.25) is 4.79 Å². The van der Waals surface area contributed by atoms with Gasteiger partial charge in [-0.05, 0) is 45.1 Å². The van der Waals surface area contributed by atoms with E-state index >= 15 is 0 Å². The first kappa shape index (κ1) is 13.7. The molecule has 3 heteroatoms. The van der Waals surface area contributed by atoms with Gasteiger partial charge in [0, 0.05) is 13.0 Å². The second-order valence-corrected chi connectivity index (χ2v) is 4.53. The summed E-state index contributed by atoms with van der Waals surface area (Å²) in [5.74, 6) is 1.06. The molecular weight excluding hydrogens is 214 g/mol. The first-order chi connectivity index (χ1) is 8.08. The van der Waals surface area contributed by atoms with Crippen LogP contribution in [0.3, 0.4) is 0 Å². The molecular formula is C14H21NO2. The molecule has 0 aliphatic rings. The van der Waals surface area contributed by atoms with Crippen molar-refractivity contribution in [3.8, 4) is 5.75 Å². The molecule has 0 saturated heterocycles. The minimum absolute atomic E-state index is 0.185. The number of ether oxygens (including phenoxy) is 1. The lowest BCUT2D eigenvalue weighted by atomic mass is 10.1. The highest BCUT2D eigenvalue weighted by Gasteiger charge is 1.99. The summed E-state index contributed by atoms with van der Waals surface area (Å²) in [6.45, 7) is 3.36. The number of carbonyl (C=O) groups is 1. The molecule has 0 N–H and O–H groups in total. The fourth-order valence-electron chi connectivity index (χ4n) is 1.56. The van der Waals surface area contributed by atoms with Crippen LogP contribution < -0.4 is 4.74 Å². The van der Waals surface area contributed by atoms with Crippen LogP contribution in [0, 0.1) is 0 Å². The predicted molar refractivity (Wildman–Crippen MR) is 69.5 cm³/mol. The minimum atomic E-state index is 0.185. The highest BCUT2D eigenvalue weighted by atomic mass is 16.5. The molecule has 0 saturated carbocycles. The zero-order valence-corrected chi connectivity index (χ0v) is 10.9. The van der Waals surface area contributed by atoms with E-state index in [1.807, 2.05) is 24.3 Å². The van der Waals surface area contributed by atoms with Crippen LogP contribution in [0.1, 0.15) is 18.9 Å². The Bertz CT molecular complexity index is 344. The van der Waals surface area contributed by atoms with Crippen molar-refractivity contribution in [2.45, 2.75) is 19.8 Å². The molecule has 0 aromatic heterocycles. The van der Waals surface area contributed by atoms with Crippen molar-refractivity contribution in [3.05, 3.63) is 29.8 Å². The van der Waals surface area contributed by atoms with Crippen LogP contribution in [0.4, 0.5) is 0 Å². The van der Waals surface area contributed by atoms with E-state index in [1.54, 1.807) is 6.92 Å². The Morgan fingerprint density at radius 1 is 1.24 bits per heavy atom. The van der Waals surface area contributed by atoms with E-state index in [0.717, 1.165) is 30.9 Å². The Balaban J connectivity index is 2.32. The number of hydrogen-bond acceptors (Lipinski definition) is 3. The van der Waals surface area contributed by atoms with Crippen LogP contribution in [0.5, 0.6) is 5.75 Å². The molecule has 94 valence electrons. The van der Waals surface area contributed by atoms with Gasteiger partial charge in [0.25, 0.3) is 0 Å². The number of carbonyl (C=O) groups excluding carboxylic acids is 1. The van der Waals surface area contributed by atoms with Crippen LogP contribution in [-0.2, 0) is 11.2 Å². The predicted octanol–water partition coefficient (Wildman–Crippen LogP) is 2.15. The van der Waals surface area contributed by atoms with Gasteiger partial charge in [0.1, 0.15) is 11.5 Å². The maximum absolute atomic E-state index is 10.9. The Labute approximate surface area is 103 Å². The number of ketones is 1. The molecule has 0 atom stereocenters. The highest BCUT2D eigenvalue weighted by Crippen LogP contribution is 2.13. The molecule has 17 heavy (non-hydrogen) atoms. The zero-order chi connectivity index (χ0) is 12.7. The van der Waals surface area contributed by atoms with Gasteiger partial charge in [-0.15, -0.1) is 0 Å². The van der Waals surface area contributed by atoms with Gasteiger partial charge in [0.2, 0.25) is 0 Å². The molecule has 0 aliphatic heterocycles. The molecule has 0 fully saturated rings. The van der Waals surface area contributed by atoms with E-state index in [4.69, 9.17) is 4.74 Å². The van der Waals surface area contributed by atoms with Crippen LogP contribution in [0.25, 0.3) is 0 Å². The minimum Gasteiger partial charge on any atom is -0.494 e. The van der Waals surface area contributed by atoms with Gasteiger partial charge in [0.15, 0.2) is 0 Å². The van der Waals surface area contributed by atoms with Crippen molar-refractivity contribution in [1.82, 2.24) is 4.90 Å². The smallest absolute Gasteiger partial charge is 0.134 e. The number of benzene rings is 1. The van der Waals surface area contributed by atoms with Gasteiger partial charge >= 0.3 is 0 Å². The third-order valence-electron chi connectivity index (χ3n) is 2.39. The van der Waals surface area contributed by atoms with Gasteiger partial charge in [0.05, 0.1) is 6.61 Å².